The average molecular weight is 385 g/mol. The minimum atomic E-state index is -0.157. The molecule has 1 aliphatic rings. The molecule has 0 bridgehead atoms. The van der Waals surface area contributed by atoms with Gasteiger partial charge in [-0.05, 0) is 52.1 Å². The standard InChI is InChI=1S/C28H19NO/c1-28(2)24-14-17(16-29)10-12-20(24)21-13-11-18(15-25(21)28)19-7-5-8-23-22-6-3-4-9-26(22)30-27(19)23/h3-15H,1-2H3. The van der Waals surface area contributed by atoms with Crippen molar-refractivity contribution in [2.75, 3.05) is 0 Å². The molecule has 0 saturated heterocycles. The van der Waals surface area contributed by atoms with Gasteiger partial charge in [0, 0.05) is 21.8 Å². The number of hydrogen-bond acceptors (Lipinski definition) is 2. The van der Waals surface area contributed by atoms with E-state index >= 15 is 0 Å². The highest BCUT2D eigenvalue weighted by Gasteiger charge is 2.35. The van der Waals surface area contributed by atoms with Crippen LogP contribution >= 0.6 is 0 Å². The quantitative estimate of drug-likeness (QED) is 0.301. The molecule has 0 atom stereocenters. The lowest BCUT2D eigenvalue weighted by atomic mass is 9.81. The largest absolute Gasteiger partial charge is 0.455 e. The highest BCUT2D eigenvalue weighted by Crippen LogP contribution is 2.50. The topological polar surface area (TPSA) is 36.9 Å². The van der Waals surface area contributed by atoms with E-state index in [0.29, 0.717) is 5.56 Å². The van der Waals surface area contributed by atoms with Gasteiger partial charge in [-0.3, -0.25) is 0 Å². The van der Waals surface area contributed by atoms with E-state index in [0.717, 1.165) is 33.1 Å². The first-order valence-electron chi connectivity index (χ1n) is 10.2. The van der Waals surface area contributed by atoms with Crippen molar-refractivity contribution in [3.05, 3.63) is 95.6 Å². The number of para-hydroxylation sites is 2. The number of furan rings is 1. The van der Waals surface area contributed by atoms with Crippen molar-refractivity contribution in [2.24, 2.45) is 0 Å². The Hall–Kier alpha value is -3.83. The predicted molar refractivity (Wildman–Crippen MR) is 121 cm³/mol. The molecule has 4 aromatic carbocycles. The number of nitriles is 1. The fourth-order valence-electron chi connectivity index (χ4n) is 4.95. The molecule has 6 rings (SSSR count). The molecule has 1 aromatic heterocycles. The molecule has 0 radical (unpaired) electrons. The maximum absolute atomic E-state index is 9.35. The normalized spacial score (nSPS) is 13.9. The summed E-state index contributed by atoms with van der Waals surface area (Å²) in [5, 5.41) is 11.6. The van der Waals surface area contributed by atoms with Crippen LogP contribution in [0.25, 0.3) is 44.2 Å². The number of rotatable bonds is 1. The van der Waals surface area contributed by atoms with Crippen LogP contribution < -0.4 is 0 Å². The molecule has 0 saturated carbocycles. The molecule has 142 valence electrons. The van der Waals surface area contributed by atoms with Crippen molar-refractivity contribution in [1.29, 1.82) is 5.26 Å². The van der Waals surface area contributed by atoms with Crippen LogP contribution in [0, 0.1) is 11.3 Å². The lowest BCUT2D eigenvalue weighted by Crippen LogP contribution is -2.15. The van der Waals surface area contributed by atoms with Gasteiger partial charge in [0.15, 0.2) is 0 Å². The zero-order chi connectivity index (χ0) is 20.5. The summed E-state index contributed by atoms with van der Waals surface area (Å²) in [6, 6.07) is 29.6. The molecule has 30 heavy (non-hydrogen) atoms. The molecule has 0 unspecified atom stereocenters. The Labute approximate surface area is 175 Å². The minimum Gasteiger partial charge on any atom is -0.455 e. The molecular formula is C28H19NO. The summed E-state index contributed by atoms with van der Waals surface area (Å²) in [4.78, 5) is 0. The molecule has 0 aliphatic heterocycles. The van der Waals surface area contributed by atoms with Crippen molar-refractivity contribution < 1.29 is 4.42 Å². The second-order valence-corrected chi connectivity index (χ2v) is 8.54. The van der Waals surface area contributed by atoms with Crippen LogP contribution in [-0.2, 0) is 5.41 Å². The van der Waals surface area contributed by atoms with Crippen molar-refractivity contribution in [3.63, 3.8) is 0 Å². The summed E-state index contributed by atoms with van der Waals surface area (Å²) in [5.74, 6) is 0. The van der Waals surface area contributed by atoms with Gasteiger partial charge in [-0.15, -0.1) is 0 Å². The second kappa shape index (κ2) is 5.84. The van der Waals surface area contributed by atoms with E-state index in [1.807, 2.05) is 24.3 Å². The average Bonchev–Trinajstić information content (AvgIpc) is 3.26. The Morgan fingerprint density at radius 3 is 2.30 bits per heavy atom. The molecule has 0 fully saturated rings. The first kappa shape index (κ1) is 17.1. The molecule has 2 heteroatoms. The van der Waals surface area contributed by atoms with Crippen molar-refractivity contribution in [2.45, 2.75) is 19.3 Å². The van der Waals surface area contributed by atoms with Crippen molar-refractivity contribution in [3.8, 4) is 28.3 Å². The van der Waals surface area contributed by atoms with Crippen molar-refractivity contribution >= 4 is 21.9 Å². The zero-order valence-corrected chi connectivity index (χ0v) is 16.9. The summed E-state index contributed by atoms with van der Waals surface area (Å²) in [6.07, 6.45) is 0. The Kier molecular flexibility index (Phi) is 3.32. The first-order valence-corrected chi connectivity index (χ1v) is 10.2. The number of benzene rings is 4. The molecule has 5 aromatic rings. The molecule has 1 heterocycles. The summed E-state index contributed by atoms with van der Waals surface area (Å²) >= 11 is 0. The summed E-state index contributed by atoms with van der Waals surface area (Å²) in [7, 11) is 0. The Bertz CT molecular complexity index is 1530. The Morgan fingerprint density at radius 1 is 0.733 bits per heavy atom. The van der Waals surface area contributed by atoms with Gasteiger partial charge in [0.1, 0.15) is 11.2 Å². The van der Waals surface area contributed by atoms with E-state index < -0.39 is 0 Å². The fraction of sp³-hybridized carbons (Fsp3) is 0.107. The molecule has 2 nitrogen and oxygen atoms in total. The number of hydrogen-bond donors (Lipinski definition) is 0. The first-order chi connectivity index (χ1) is 14.6. The van der Waals surface area contributed by atoms with E-state index in [9.17, 15) is 5.26 Å². The number of fused-ring (bicyclic) bond motifs is 6. The monoisotopic (exact) mass is 385 g/mol. The van der Waals surface area contributed by atoms with Crippen LogP contribution in [0.1, 0.15) is 30.5 Å². The van der Waals surface area contributed by atoms with E-state index in [1.54, 1.807) is 0 Å². The van der Waals surface area contributed by atoms with Crippen LogP contribution in [0.3, 0.4) is 0 Å². The third-order valence-electron chi connectivity index (χ3n) is 6.52. The predicted octanol–water partition coefficient (Wildman–Crippen LogP) is 7.43. The SMILES string of the molecule is CC1(C)c2cc(C#N)ccc2-c2ccc(-c3cccc4c3oc3ccccc34)cc21. The lowest BCUT2D eigenvalue weighted by molar-refractivity contribution is 0.660. The minimum absolute atomic E-state index is 0.157. The summed E-state index contributed by atoms with van der Waals surface area (Å²) < 4.78 is 6.27. The third-order valence-corrected chi connectivity index (χ3v) is 6.52. The maximum atomic E-state index is 9.35. The van der Waals surface area contributed by atoms with Crippen LogP contribution in [-0.4, -0.2) is 0 Å². The van der Waals surface area contributed by atoms with E-state index in [1.165, 1.54) is 22.3 Å². The summed E-state index contributed by atoms with van der Waals surface area (Å²) in [6.45, 7) is 4.48. The van der Waals surface area contributed by atoms with Crippen molar-refractivity contribution in [1.82, 2.24) is 0 Å². The highest BCUT2D eigenvalue weighted by molar-refractivity contribution is 6.09. The Balaban J connectivity index is 1.58. The van der Waals surface area contributed by atoms with E-state index in [4.69, 9.17) is 4.42 Å². The smallest absolute Gasteiger partial charge is 0.143 e. The van der Waals surface area contributed by atoms with Crippen LogP contribution in [0.2, 0.25) is 0 Å². The van der Waals surface area contributed by atoms with Crippen LogP contribution in [0.4, 0.5) is 0 Å². The Morgan fingerprint density at radius 2 is 1.47 bits per heavy atom. The van der Waals surface area contributed by atoms with Gasteiger partial charge >= 0.3 is 0 Å². The van der Waals surface area contributed by atoms with Gasteiger partial charge < -0.3 is 4.42 Å². The van der Waals surface area contributed by atoms with Gasteiger partial charge in [-0.25, -0.2) is 0 Å². The maximum Gasteiger partial charge on any atom is 0.143 e. The van der Waals surface area contributed by atoms with Crippen LogP contribution in [0.5, 0.6) is 0 Å². The van der Waals surface area contributed by atoms with Gasteiger partial charge in [0.25, 0.3) is 0 Å². The second-order valence-electron chi connectivity index (χ2n) is 8.54. The van der Waals surface area contributed by atoms with E-state index in [-0.39, 0.29) is 5.41 Å². The fourth-order valence-corrected chi connectivity index (χ4v) is 4.95. The number of nitrogens with zero attached hydrogens (tertiary/aromatic N) is 1. The van der Waals surface area contributed by atoms with Gasteiger partial charge in [-0.2, -0.15) is 5.26 Å². The highest BCUT2D eigenvalue weighted by atomic mass is 16.3. The zero-order valence-electron chi connectivity index (χ0n) is 16.9. The molecule has 0 N–H and O–H groups in total. The summed E-state index contributed by atoms with van der Waals surface area (Å²) in [5.41, 5.74) is 9.64. The van der Waals surface area contributed by atoms with Crippen LogP contribution in [0.15, 0.2) is 83.3 Å². The lowest BCUT2D eigenvalue weighted by Gasteiger charge is -2.22. The molecular weight excluding hydrogens is 366 g/mol. The van der Waals surface area contributed by atoms with E-state index in [2.05, 4.69) is 74.5 Å². The van der Waals surface area contributed by atoms with Gasteiger partial charge in [0.05, 0.1) is 11.6 Å². The molecule has 0 spiro atoms. The third kappa shape index (κ3) is 2.18. The van der Waals surface area contributed by atoms with Gasteiger partial charge in [-0.1, -0.05) is 68.4 Å². The molecule has 1 aliphatic carbocycles. The molecule has 0 amide bonds. The van der Waals surface area contributed by atoms with Gasteiger partial charge in [0.2, 0.25) is 0 Å².